The first-order valence-corrected chi connectivity index (χ1v) is 5.64. The second kappa shape index (κ2) is 4.60. The summed E-state index contributed by atoms with van der Waals surface area (Å²) in [6.07, 6.45) is 0.0994. The lowest BCUT2D eigenvalue weighted by Gasteiger charge is -2.34. The number of rotatable bonds is 1. The molecule has 1 fully saturated rings. The van der Waals surface area contributed by atoms with E-state index in [1.807, 2.05) is 37.3 Å². The molecule has 4 heteroatoms. The monoisotopic (exact) mass is 231 g/mol. The molecule has 82 valence electrons. The van der Waals surface area contributed by atoms with Crippen LogP contribution in [0.4, 0.5) is 0 Å². The van der Waals surface area contributed by atoms with Crippen LogP contribution in [0.1, 0.15) is 18.5 Å². The second-order valence-electron chi connectivity index (χ2n) is 3.89. The zero-order valence-corrected chi connectivity index (χ0v) is 9.79. The molecule has 1 aromatic carbocycles. The molecule has 1 heterocycles. The van der Waals surface area contributed by atoms with Crippen LogP contribution in [0.3, 0.4) is 0 Å². The molecule has 1 aromatic rings. The maximum absolute atomic E-state index is 9.16. The fourth-order valence-electron chi connectivity index (χ4n) is 1.94. The van der Waals surface area contributed by atoms with Crippen molar-refractivity contribution >= 4 is 17.2 Å². The van der Waals surface area contributed by atoms with E-state index >= 15 is 0 Å². The van der Waals surface area contributed by atoms with Gasteiger partial charge in [0.2, 0.25) is 0 Å². The van der Waals surface area contributed by atoms with Gasteiger partial charge in [-0.2, -0.15) is 5.26 Å². The number of benzene rings is 1. The number of nitrogens with zero attached hydrogens (tertiary/aromatic N) is 1. The zero-order chi connectivity index (χ0) is 11.5. The fourth-order valence-corrected chi connectivity index (χ4v) is 2.31. The number of nitriles is 1. The van der Waals surface area contributed by atoms with Gasteiger partial charge in [-0.3, -0.25) is 5.32 Å². The van der Waals surface area contributed by atoms with Crippen molar-refractivity contribution in [1.29, 1.82) is 5.26 Å². The molecule has 2 rings (SSSR count). The number of hydrogen-bond donors (Lipinski definition) is 2. The predicted molar refractivity (Wildman–Crippen MR) is 66.6 cm³/mol. The summed E-state index contributed by atoms with van der Waals surface area (Å²) in [5, 5.41) is 15.6. The van der Waals surface area contributed by atoms with Crippen LogP contribution in [0.25, 0.3) is 0 Å². The Kier molecular flexibility index (Phi) is 3.18. The summed E-state index contributed by atoms with van der Waals surface area (Å²) < 4.78 is 0. The molecule has 2 N–H and O–H groups in total. The Hall–Kier alpha value is -1.44. The van der Waals surface area contributed by atoms with E-state index in [0.29, 0.717) is 4.99 Å². The van der Waals surface area contributed by atoms with E-state index in [1.54, 1.807) is 0 Å². The van der Waals surface area contributed by atoms with Crippen molar-refractivity contribution < 1.29 is 0 Å². The van der Waals surface area contributed by atoms with Gasteiger partial charge in [0, 0.05) is 0 Å². The Labute approximate surface area is 100 Å². The molecule has 16 heavy (non-hydrogen) atoms. The molecule has 1 aliphatic rings. The van der Waals surface area contributed by atoms with Crippen molar-refractivity contribution in [3.8, 4) is 6.07 Å². The lowest BCUT2D eigenvalue weighted by molar-refractivity contribution is 0.374. The first-order valence-electron chi connectivity index (χ1n) is 5.23. The van der Waals surface area contributed by atoms with Gasteiger partial charge >= 0.3 is 0 Å². The summed E-state index contributed by atoms with van der Waals surface area (Å²) in [5.74, 6) is -0.298. The fraction of sp³-hybridized carbons (Fsp3) is 0.333. The lowest BCUT2D eigenvalue weighted by Crippen LogP contribution is -2.55. The molecule has 3 nitrogen and oxygen atoms in total. The lowest BCUT2D eigenvalue weighted by atomic mass is 9.91. The maximum Gasteiger partial charge on any atom is 0.116 e. The largest absolute Gasteiger partial charge is 0.363 e. The highest BCUT2D eigenvalue weighted by Crippen LogP contribution is 2.25. The molecule has 0 radical (unpaired) electrons. The molecule has 0 aliphatic carbocycles. The first-order chi connectivity index (χ1) is 7.72. The van der Waals surface area contributed by atoms with Crippen molar-refractivity contribution in [3.05, 3.63) is 35.9 Å². The van der Waals surface area contributed by atoms with Crippen molar-refractivity contribution in [3.63, 3.8) is 0 Å². The Morgan fingerprint density at radius 2 is 2.00 bits per heavy atom. The summed E-state index contributed by atoms with van der Waals surface area (Å²) >= 11 is 5.21. The van der Waals surface area contributed by atoms with Crippen LogP contribution in [0, 0.1) is 17.2 Å². The average Bonchev–Trinajstić information content (AvgIpc) is 2.29. The molecule has 0 bridgehead atoms. The molecule has 0 amide bonds. The van der Waals surface area contributed by atoms with Crippen LogP contribution in [0.5, 0.6) is 0 Å². The van der Waals surface area contributed by atoms with Gasteiger partial charge in [0.15, 0.2) is 0 Å². The SMILES string of the molecule is CC1NC(=S)C(C#N)C(c2ccccc2)N1. The van der Waals surface area contributed by atoms with Gasteiger partial charge < -0.3 is 5.32 Å². The van der Waals surface area contributed by atoms with Gasteiger partial charge in [-0.15, -0.1) is 0 Å². The highest BCUT2D eigenvalue weighted by Gasteiger charge is 2.32. The highest BCUT2D eigenvalue weighted by molar-refractivity contribution is 7.80. The van der Waals surface area contributed by atoms with E-state index in [1.165, 1.54) is 0 Å². The van der Waals surface area contributed by atoms with Gasteiger partial charge in [-0.1, -0.05) is 42.5 Å². The summed E-state index contributed by atoms with van der Waals surface area (Å²) in [4.78, 5) is 0.627. The van der Waals surface area contributed by atoms with Crippen LogP contribution < -0.4 is 10.6 Å². The van der Waals surface area contributed by atoms with Gasteiger partial charge in [0.25, 0.3) is 0 Å². The van der Waals surface area contributed by atoms with Gasteiger partial charge in [0.1, 0.15) is 5.92 Å². The van der Waals surface area contributed by atoms with Crippen LogP contribution in [-0.4, -0.2) is 11.2 Å². The molecule has 3 atom stereocenters. The van der Waals surface area contributed by atoms with E-state index in [-0.39, 0.29) is 18.1 Å². The van der Waals surface area contributed by atoms with Crippen LogP contribution in [-0.2, 0) is 0 Å². The number of nitrogens with one attached hydrogen (secondary N) is 2. The Morgan fingerprint density at radius 3 is 2.62 bits per heavy atom. The molecule has 3 unspecified atom stereocenters. The van der Waals surface area contributed by atoms with Crippen molar-refractivity contribution in [2.45, 2.75) is 19.1 Å². The summed E-state index contributed by atoms with van der Waals surface area (Å²) in [5.41, 5.74) is 1.10. The smallest absolute Gasteiger partial charge is 0.116 e. The van der Waals surface area contributed by atoms with E-state index in [9.17, 15) is 0 Å². The average molecular weight is 231 g/mol. The topological polar surface area (TPSA) is 47.9 Å². The number of thiocarbonyl (C=S) groups is 1. The summed E-state index contributed by atoms with van der Waals surface area (Å²) in [6.45, 7) is 2.00. The molecule has 0 spiro atoms. The minimum atomic E-state index is -0.298. The molecular formula is C12H13N3S. The quantitative estimate of drug-likeness (QED) is 0.723. The van der Waals surface area contributed by atoms with E-state index in [2.05, 4.69) is 16.7 Å². The highest BCUT2D eigenvalue weighted by atomic mass is 32.1. The minimum Gasteiger partial charge on any atom is -0.363 e. The number of hydrogen-bond acceptors (Lipinski definition) is 3. The summed E-state index contributed by atoms with van der Waals surface area (Å²) in [6, 6.07) is 12.2. The Balaban J connectivity index is 2.31. The predicted octanol–water partition coefficient (Wildman–Crippen LogP) is 1.73. The third kappa shape index (κ3) is 2.06. The zero-order valence-electron chi connectivity index (χ0n) is 8.97. The molecule has 1 saturated heterocycles. The molecular weight excluding hydrogens is 218 g/mol. The molecule has 0 aromatic heterocycles. The minimum absolute atomic E-state index is 0.0186. The molecule has 1 aliphatic heterocycles. The Morgan fingerprint density at radius 1 is 1.31 bits per heavy atom. The summed E-state index contributed by atoms with van der Waals surface area (Å²) in [7, 11) is 0. The standard InChI is InChI=1S/C12H13N3S/c1-8-14-11(9-5-3-2-4-6-9)10(7-13)12(16)15-8/h2-6,8,10-11,14H,1H3,(H,15,16). The second-order valence-corrected chi connectivity index (χ2v) is 4.33. The normalized spacial score (nSPS) is 29.2. The maximum atomic E-state index is 9.16. The van der Waals surface area contributed by atoms with Crippen molar-refractivity contribution in [2.24, 2.45) is 5.92 Å². The van der Waals surface area contributed by atoms with Gasteiger partial charge in [-0.05, 0) is 12.5 Å². The van der Waals surface area contributed by atoms with Gasteiger partial charge in [0.05, 0.1) is 23.3 Å². The van der Waals surface area contributed by atoms with Gasteiger partial charge in [-0.25, -0.2) is 0 Å². The first kappa shape index (κ1) is 11.1. The van der Waals surface area contributed by atoms with E-state index in [0.717, 1.165) is 5.56 Å². The van der Waals surface area contributed by atoms with Crippen LogP contribution in [0.2, 0.25) is 0 Å². The van der Waals surface area contributed by atoms with E-state index in [4.69, 9.17) is 17.5 Å². The van der Waals surface area contributed by atoms with Crippen LogP contribution >= 0.6 is 12.2 Å². The molecule has 0 saturated carbocycles. The third-order valence-electron chi connectivity index (χ3n) is 2.70. The van der Waals surface area contributed by atoms with Crippen LogP contribution in [0.15, 0.2) is 30.3 Å². The van der Waals surface area contributed by atoms with Crippen molar-refractivity contribution in [1.82, 2.24) is 10.6 Å². The Bertz CT molecular complexity index is 424. The van der Waals surface area contributed by atoms with E-state index < -0.39 is 0 Å². The van der Waals surface area contributed by atoms with Crippen molar-refractivity contribution in [2.75, 3.05) is 0 Å². The third-order valence-corrected chi connectivity index (χ3v) is 3.07.